The van der Waals surface area contributed by atoms with Gasteiger partial charge in [-0.2, -0.15) is 0 Å². The number of hydrogen-bond acceptors (Lipinski definition) is 3. The average molecular weight is 371 g/mol. The predicted molar refractivity (Wildman–Crippen MR) is 98.0 cm³/mol. The summed E-state index contributed by atoms with van der Waals surface area (Å²) in [6.07, 6.45) is 1.56. The minimum absolute atomic E-state index is 0.297. The average Bonchev–Trinajstić information content (AvgIpc) is 3.12. The standard InChI is InChI=1S/C21H22FNO4/c1-13(6-7-14-4-2-3-5-17(14)22)20(24)23-19(21(25)26)16-8-9-18-15(12-16)10-11-27-18/h2-5,8-9,12-13,19H,6-7,10-11H2,1H3,(H,23,24)(H,25,26). The van der Waals surface area contributed by atoms with E-state index in [0.29, 0.717) is 30.6 Å². The van der Waals surface area contributed by atoms with Gasteiger partial charge in [0.25, 0.3) is 0 Å². The topological polar surface area (TPSA) is 75.6 Å². The molecule has 3 rings (SSSR count). The molecule has 0 saturated heterocycles. The van der Waals surface area contributed by atoms with E-state index in [2.05, 4.69) is 5.32 Å². The van der Waals surface area contributed by atoms with Crippen LogP contribution in [0, 0.1) is 11.7 Å². The smallest absolute Gasteiger partial charge is 0.330 e. The largest absolute Gasteiger partial charge is 0.493 e. The van der Waals surface area contributed by atoms with Gasteiger partial charge in [0.1, 0.15) is 11.6 Å². The van der Waals surface area contributed by atoms with Gasteiger partial charge < -0.3 is 15.2 Å². The molecular weight excluding hydrogens is 349 g/mol. The van der Waals surface area contributed by atoms with Gasteiger partial charge >= 0.3 is 5.97 Å². The monoisotopic (exact) mass is 371 g/mol. The van der Waals surface area contributed by atoms with Crippen LogP contribution < -0.4 is 10.1 Å². The highest BCUT2D eigenvalue weighted by atomic mass is 19.1. The number of rotatable bonds is 7. The van der Waals surface area contributed by atoms with Crippen molar-refractivity contribution in [1.82, 2.24) is 5.32 Å². The van der Waals surface area contributed by atoms with E-state index in [1.165, 1.54) is 6.07 Å². The van der Waals surface area contributed by atoms with Crippen molar-refractivity contribution in [2.24, 2.45) is 5.92 Å². The maximum absolute atomic E-state index is 13.7. The first-order chi connectivity index (χ1) is 13.0. The van der Waals surface area contributed by atoms with Crippen LogP contribution in [0.25, 0.3) is 0 Å². The molecule has 0 fully saturated rings. The normalized spacial score (nSPS) is 14.7. The first-order valence-electron chi connectivity index (χ1n) is 8.98. The molecule has 0 aliphatic carbocycles. The van der Waals surface area contributed by atoms with E-state index in [1.54, 1.807) is 43.3 Å². The number of carbonyl (C=O) groups is 2. The molecule has 0 radical (unpaired) electrons. The van der Waals surface area contributed by atoms with Crippen LogP contribution in [0.5, 0.6) is 5.75 Å². The molecule has 2 unspecified atom stereocenters. The summed E-state index contributed by atoms with van der Waals surface area (Å²) in [5, 5.41) is 12.2. The Morgan fingerprint density at radius 2 is 2.04 bits per heavy atom. The highest BCUT2D eigenvalue weighted by molar-refractivity contribution is 5.85. The minimum atomic E-state index is -1.13. The fraction of sp³-hybridized carbons (Fsp3) is 0.333. The van der Waals surface area contributed by atoms with Gasteiger partial charge in [-0.3, -0.25) is 4.79 Å². The van der Waals surface area contributed by atoms with Gasteiger partial charge in [0.15, 0.2) is 6.04 Å². The van der Waals surface area contributed by atoms with Crippen molar-refractivity contribution in [1.29, 1.82) is 0 Å². The summed E-state index contributed by atoms with van der Waals surface area (Å²) in [5.41, 5.74) is 2.01. The number of amides is 1. The quantitative estimate of drug-likeness (QED) is 0.783. The van der Waals surface area contributed by atoms with Crippen LogP contribution in [-0.2, 0) is 22.4 Å². The van der Waals surface area contributed by atoms with Crippen LogP contribution in [0.3, 0.4) is 0 Å². The molecule has 1 aliphatic rings. The van der Waals surface area contributed by atoms with Gasteiger partial charge in [-0.05, 0) is 47.7 Å². The molecule has 0 bridgehead atoms. The van der Waals surface area contributed by atoms with E-state index in [0.717, 1.165) is 17.7 Å². The number of benzene rings is 2. The SMILES string of the molecule is CC(CCc1ccccc1F)C(=O)NC(C(=O)O)c1ccc2c(c1)CCO2. The molecule has 2 N–H and O–H groups in total. The molecule has 2 aromatic carbocycles. The van der Waals surface area contributed by atoms with E-state index in [-0.39, 0.29) is 11.7 Å². The first kappa shape index (κ1) is 18.9. The van der Waals surface area contributed by atoms with Crippen LogP contribution in [0.15, 0.2) is 42.5 Å². The second-order valence-electron chi connectivity index (χ2n) is 6.78. The van der Waals surface area contributed by atoms with E-state index in [4.69, 9.17) is 4.74 Å². The number of hydrogen-bond donors (Lipinski definition) is 2. The third-order valence-electron chi connectivity index (χ3n) is 4.83. The summed E-state index contributed by atoms with van der Waals surface area (Å²) in [5.74, 6) is -1.47. The molecule has 1 aliphatic heterocycles. The lowest BCUT2D eigenvalue weighted by Crippen LogP contribution is -2.37. The van der Waals surface area contributed by atoms with Crippen LogP contribution in [0.1, 0.15) is 36.1 Å². The molecule has 0 spiro atoms. The molecule has 0 aromatic heterocycles. The zero-order valence-electron chi connectivity index (χ0n) is 15.1. The number of carboxylic acid groups (broad SMARTS) is 1. The molecule has 0 saturated carbocycles. The van der Waals surface area contributed by atoms with Crippen LogP contribution in [0.2, 0.25) is 0 Å². The highest BCUT2D eigenvalue weighted by Crippen LogP contribution is 2.28. The van der Waals surface area contributed by atoms with E-state index in [1.807, 2.05) is 0 Å². The number of fused-ring (bicyclic) bond motifs is 1. The molecule has 142 valence electrons. The van der Waals surface area contributed by atoms with E-state index >= 15 is 0 Å². The number of aryl methyl sites for hydroxylation is 1. The summed E-state index contributed by atoms with van der Waals surface area (Å²) < 4.78 is 19.1. The Balaban J connectivity index is 1.64. The van der Waals surface area contributed by atoms with Gasteiger partial charge in [-0.25, -0.2) is 9.18 Å². The Hall–Kier alpha value is -2.89. The molecule has 2 atom stereocenters. The molecule has 1 amide bonds. The molecule has 27 heavy (non-hydrogen) atoms. The number of nitrogens with one attached hydrogen (secondary N) is 1. The van der Waals surface area contributed by atoms with Gasteiger partial charge in [-0.15, -0.1) is 0 Å². The minimum Gasteiger partial charge on any atom is -0.493 e. The Kier molecular flexibility index (Phi) is 5.74. The molecule has 1 heterocycles. The Bertz CT molecular complexity index is 852. The van der Waals surface area contributed by atoms with Crippen molar-refractivity contribution in [2.45, 2.75) is 32.2 Å². The van der Waals surface area contributed by atoms with Crippen molar-refractivity contribution in [3.8, 4) is 5.75 Å². The zero-order valence-corrected chi connectivity index (χ0v) is 15.1. The third kappa shape index (κ3) is 4.45. The fourth-order valence-electron chi connectivity index (χ4n) is 3.16. The van der Waals surface area contributed by atoms with E-state index < -0.39 is 17.9 Å². The van der Waals surface area contributed by atoms with Crippen LogP contribution >= 0.6 is 0 Å². The molecule has 6 heteroatoms. The third-order valence-corrected chi connectivity index (χ3v) is 4.83. The van der Waals surface area contributed by atoms with Gasteiger partial charge in [-0.1, -0.05) is 31.2 Å². The lowest BCUT2D eigenvalue weighted by molar-refractivity contribution is -0.142. The maximum atomic E-state index is 13.7. The van der Waals surface area contributed by atoms with Gasteiger partial charge in [0.05, 0.1) is 6.61 Å². The summed E-state index contributed by atoms with van der Waals surface area (Å²) in [4.78, 5) is 24.2. The number of carboxylic acids is 1. The van der Waals surface area contributed by atoms with Crippen LogP contribution in [0.4, 0.5) is 4.39 Å². The molecule has 2 aromatic rings. The Morgan fingerprint density at radius 1 is 1.26 bits per heavy atom. The van der Waals surface area contributed by atoms with Crippen LogP contribution in [-0.4, -0.2) is 23.6 Å². The first-order valence-corrected chi connectivity index (χ1v) is 8.98. The molecule has 5 nitrogen and oxygen atoms in total. The maximum Gasteiger partial charge on any atom is 0.330 e. The number of carbonyl (C=O) groups excluding carboxylic acids is 1. The summed E-state index contributed by atoms with van der Waals surface area (Å²) in [6, 6.07) is 10.5. The molecular formula is C21H22FNO4. The van der Waals surface area contributed by atoms with E-state index in [9.17, 15) is 19.1 Å². The van der Waals surface area contributed by atoms with Crippen molar-refractivity contribution >= 4 is 11.9 Å². The van der Waals surface area contributed by atoms with Crippen molar-refractivity contribution in [3.05, 3.63) is 65.0 Å². The second kappa shape index (κ2) is 8.20. The van der Waals surface area contributed by atoms with Gasteiger partial charge in [0, 0.05) is 12.3 Å². The predicted octanol–water partition coefficient (Wildman–Crippen LogP) is 3.27. The Labute approximate surface area is 157 Å². The van der Waals surface area contributed by atoms with Crippen molar-refractivity contribution in [3.63, 3.8) is 0 Å². The fourth-order valence-corrected chi connectivity index (χ4v) is 3.16. The number of ether oxygens (including phenoxy) is 1. The number of halogens is 1. The van der Waals surface area contributed by atoms with Crippen molar-refractivity contribution < 1.29 is 23.8 Å². The van der Waals surface area contributed by atoms with Gasteiger partial charge in [0.2, 0.25) is 5.91 Å². The second-order valence-corrected chi connectivity index (χ2v) is 6.78. The summed E-state index contributed by atoms with van der Waals surface area (Å²) in [6.45, 7) is 2.29. The Morgan fingerprint density at radius 3 is 2.78 bits per heavy atom. The van der Waals surface area contributed by atoms with Crippen molar-refractivity contribution in [2.75, 3.05) is 6.61 Å². The number of aliphatic carboxylic acids is 1. The lowest BCUT2D eigenvalue weighted by Gasteiger charge is -2.19. The summed E-state index contributed by atoms with van der Waals surface area (Å²) in [7, 11) is 0. The lowest BCUT2D eigenvalue weighted by atomic mass is 9.98. The zero-order chi connectivity index (χ0) is 19.4. The highest BCUT2D eigenvalue weighted by Gasteiger charge is 2.26. The summed E-state index contributed by atoms with van der Waals surface area (Å²) >= 11 is 0.